The Hall–Kier alpha value is -2.47. The third-order valence-electron chi connectivity index (χ3n) is 5.19. The molecule has 0 atom stereocenters. The molecule has 180 valence electrons. The Bertz CT molecular complexity index is 1190. The second-order valence-corrected chi connectivity index (χ2v) is 11.4. The number of morpholine rings is 1. The van der Waals surface area contributed by atoms with Crippen molar-refractivity contribution in [3.05, 3.63) is 53.6 Å². The van der Waals surface area contributed by atoms with Crippen molar-refractivity contribution >= 4 is 37.3 Å². The minimum atomic E-state index is -3.75. The summed E-state index contributed by atoms with van der Waals surface area (Å²) in [5.41, 5.74) is 1.71. The zero-order valence-electron chi connectivity index (χ0n) is 18.7. The van der Waals surface area contributed by atoms with Crippen LogP contribution in [0, 0.1) is 0 Å². The van der Waals surface area contributed by atoms with Crippen LogP contribution in [-0.2, 0) is 31.2 Å². The average Bonchev–Trinajstić information content (AvgIpc) is 2.80. The maximum absolute atomic E-state index is 13.2. The van der Waals surface area contributed by atoms with Gasteiger partial charge in [-0.15, -0.1) is 0 Å². The summed E-state index contributed by atoms with van der Waals surface area (Å²) >= 11 is 0. The highest BCUT2D eigenvalue weighted by Crippen LogP contribution is 2.24. The van der Waals surface area contributed by atoms with Crippen LogP contribution in [0.3, 0.4) is 0 Å². The molecular weight excluding hydrogens is 466 g/mol. The van der Waals surface area contributed by atoms with E-state index < -0.39 is 26.0 Å². The van der Waals surface area contributed by atoms with Gasteiger partial charge in [0.15, 0.2) is 0 Å². The Balaban J connectivity index is 1.78. The van der Waals surface area contributed by atoms with E-state index in [1.165, 1.54) is 10.4 Å². The minimum Gasteiger partial charge on any atom is -0.379 e. The molecule has 2 aromatic rings. The van der Waals surface area contributed by atoms with Crippen LogP contribution in [0.4, 0.5) is 11.4 Å². The fourth-order valence-corrected chi connectivity index (χ4v) is 6.34. The summed E-state index contributed by atoms with van der Waals surface area (Å²) in [5, 5.41) is 2.72. The maximum Gasteiger partial charge on any atom is 0.255 e. The van der Waals surface area contributed by atoms with Crippen LogP contribution in [0.5, 0.6) is 0 Å². The van der Waals surface area contributed by atoms with Gasteiger partial charge in [0.2, 0.25) is 20.0 Å². The number of carbonyl (C=O) groups excluding carboxylic acids is 1. The van der Waals surface area contributed by atoms with Gasteiger partial charge in [-0.05, 0) is 54.8 Å². The number of hydrogen-bond acceptors (Lipinski definition) is 6. The van der Waals surface area contributed by atoms with Crippen molar-refractivity contribution in [1.29, 1.82) is 0 Å². The predicted molar refractivity (Wildman–Crippen MR) is 127 cm³/mol. The van der Waals surface area contributed by atoms with E-state index in [1.807, 2.05) is 6.92 Å². The van der Waals surface area contributed by atoms with Crippen molar-refractivity contribution < 1.29 is 26.4 Å². The van der Waals surface area contributed by atoms with E-state index in [1.54, 1.807) is 43.3 Å². The Morgan fingerprint density at radius 1 is 0.970 bits per heavy atom. The molecule has 11 heteroatoms. The van der Waals surface area contributed by atoms with Crippen molar-refractivity contribution in [2.45, 2.75) is 31.6 Å². The normalized spacial score (nSPS) is 15.2. The molecule has 2 aromatic carbocycles. The lowest BCUT2D eigenvalue weighted by atomic mass is 10.1. The van der Waals surface area contributed by atoms with E-state index in [9.17, 15) is 21.6 Å². The third-order valence-corrected chi connectivity index (χ3v) is 8.66. The van der Waals surface area contributed by atoms with Gasteiger partial charge in [-0.3, -0.25) is 9.52 Å². The quantitative estimate of drug-likeness (QED) is 0.552. The molecule has 0 aromatic heterocycles. The Kier molecular flexibility index (Phi) is 8.11. The lowest BCUT2D eigenvalue weighted by molar-refractivity contribution is 0.0730. The molecule has 1 aliphatic rings. The highest BCUT2D eigenvalue weighted by Gasteiger charge is 2.29. The number of amides is 1. The van der Waals surface area contributed by atoms with Crippen LogP contribution < -0.4 is 10.0 Å². The number of benzene rings is 2. The molecular formula is C22H29N3O6S2. The van der Waals surface area contributed by atoms with E-state index in [0.717, 1.165) is 0 Å². The zero-order chi connectivity index (χ0) is 24.1. The van der Waals surface area contributed by atoms with Crippen LogP contribution in [0.2, 0.25) is 0 Å². The topological polar surface area (TPSA) is 122 Å². The summed E-state index contributed by atoms with van der Waals surface area (Å²) < 4.78 is 59.2. The van der Waals surface area contributed by atoms with Crippen LogP contribution >= 0.6 is 0 Å². The number of nitrogens with one attached hydrogen (secondary N) is 2. The third kappa shape index (κ3) is 6.32. The highest BCUT2D eigenvalue weighted by molar-refractivity contribution is 7.92. The minimum absolute atomic E-state index is 0.0228. The van der Waals surface area contributed by atoms with E-state index in [2.05, 4.69) is 10.0 Å². The molecule has 0 saturated carbocycles. The zero-order valence-corrected chi connectivity index (χ0v) is 20.3. The molecule has 1 fully saturated rings. The first-order chi connectivity index (χ1) is 15.7. The maximum atomic E-state index is 13.2. The second kappa shape index (κ2) is 10.6. The number of aryl methyl sites for hydroxylation is 1. The summed E-state index contributed by atoms with van der Waals surface area (Å²) in [7, 11) is -7.16. The first kappa shape index (κ1) is 25.2. The molecule has 1 saturated heterocycles. The van der Waals surface area contributed by atoms with Gasteiger partial charge in [-0.2, -0.15) is 4.31 Å². The van der Waals surface area contributed by atoms with Gasteiger partial charge >= 0.3 is 0 Å². The molecule has 9 nitrogen and oxygen atoms in total. The summed E-state index contributed by atoms with van der Waals surface area (Å²) in [6, 6.07) is 10.9. The standard InChI is InChI=1S/C22H29N3O6S2/c1-3-15-32(27,28)24-20-9-7-19(8-10-20)23-22(26)18-6-5-17(4-2)21(16-18)33(29,30)25-11-13-31-14-12-25/h5-10,16,24H,3-4,11-15H2,1-2H3,(H,23,26). The lowest BCUT2D eigenvalue weighted by Crippen LogP contribution is -2.41. The van der Waals surface area contributed by atoms with E-state index in [-0.39, 0.29) is 29.3 Å². The Morgan fingerprint density at radius 2 is 1.61 bits per heavy atom. The molecule has 0 unspecified atom stereocenters. The molecule has 0 aliphatic carbocycles. The van der Waals surface area contributed by atoms with Crippen molar-refractivity contribution in [2.75, 3.05) is 42.1 Å². The van der Waals surface area contributed by atoms with Crippen LogP contribution in [-0.4, -0.2) is 59.1 Å². The molecule has 2 N–H and O–H groups in total. The molecule has 1 amide bonds. The Labute approximate surface area is 195 Å². The van der Waals surface area contributed by atoms with Gasteiger partial charge in [-0.25, -0.2) is 16.8 Å². The molecule has 0 radical (unpaired) electrons. The number of rotatable bonds is 9. The summed E-state index contributed by atoms with van der Waals surface area (Å²) in [4.78, 5) is 12.9. The van der Waals surface area contributed by atoms with Crippen molar-refractivity contribution in [3.63, 3.8) is 0 Å². The summed E-state index contributed by atoms with van der Waals surface area (Å²) in [5.74, 6) is -0.440. The number of carbonyl (C=O) groups is 1. The number of sulfonamides is 2. The fraction of sp³-hybridized carbons (Fsp3) is 0.409. The highest BCUT2D eigenvalue weighted by atomic mass is 32.2. The average molecular weight is 496 g/mol. The first-order valence-corrected chi connectivity index (χ1v) is 13.9. The number of nitrogens with zero attached hydrogens (tertiary/aromatic N) is 1. The molecule has 0 bridgehead atoms. The molecule has 0 spiro atoms. The number of anilines is 2. The number of hydrogen-bond donors (Lipinski definition) is 2. The molecule has 33 heavy (non-hydrogen) atoms. The van der Waals surface area contributed by atoms with Gasteiger partial charge in [0.05, 0.1) is 23.9 Å². The van der Waals surface area contributed by atoms with E-state index >= 15 is 0 Å². The molecule has 1 heterocycles. The Morgan fingerprint density at radius 3 is 2.21 bits per heavy atom. The molecule has 3 rings (SSSR count). The lowest BCUT2D eigenvalue weighted by Gasteiger charge is -2.27. The van der Waals surface area contributed by atoms with Crippen molar-refractivity contribution in [2.24, 2.45) is 0 Å². The largest absolute Gasteiger partial charge is 0.379 e. The summed E-state index contributed by atoms with van der Waals surface area (Å²) in [6.45, 7) is 4.87. The fourth-order valence-electron chi connectivity index (χ4n) is 3.48. The van der Waals surface area contributed by atoms with Gasteiger partial charge in [0.25, 0.3) is 5.91 Å². The van der Waals surface area contributed by atoms with E-state index in [4.69, 9.17) is 4.74 Å². The van der Waals surface area contributed by atoms with Crippen LogP contribution in [0.25, 0.3) is 0 Å². The smallest absolute Gasteiger partial charge is 0.255 e. The van der Waals surface area contributed by atoms with Gasteiger partial charge in [0, 0.05) is 30.0 Å². The van der Waals surface area contributed by atoms with Gasteiger partial charge < -0.3 is 10.1 Å². The van der Waals surface area contributed by atoms with Crippen LogP contribution in [0.15, 0.2) is 47.4 Å². The number of ether oxygens (including phenoxy) is 1. The summed E-state index contributed by atoms with van der Waals surface area (Å²) in [6.07, 6.45) is 1.01. The SMILES string of the molecule is CCCS(=O)(=O)Nc1ccc(NC(=O)c2ccc(CC)c(S(=O)(=O)N3CCOCC3)c2)cc1. The van der Waals surface area contributed by atoms with Crippen molar-refractivity contribution in [3.8, 4) is 0 Å². The second-order valence-electron chi connectivity index (χ2n) is 7.64. The molecule has 1 aliphatic heterocycles. The van der Waals surface area contributed by atoms with Gasteiger partial charge in [-0.1, -0.05) is 19.9 Å². The predicted octanol–water partition coefficient (Wildman–Crippen LogP) is 2.67. The van der Waals surface area contributed by atoms with Crippen molar-refractivity contribution in [1.82, 2.24) is 4.31 Å². The first-order valence-electron chi connectivity index (χ1n) is 10.8. The van der Waals surface area contributed by atoms with E-state index in [0.29, 0.717) is 43.0 Å². The van der Waals surface area contributed by atoms with Crippen LogP contribution in [0.1, 0.15) is 36.2 Å². The van der Waals surface area contributed by atoms with Gasteiger partial charge in [0.1, 0.15) is 0 Å². The monoisotopic (exact) mass is 495 g/mol.